The van der Waals surface area contributed by atoms with Crippen molar-refractivity contribution in [1.29, 1.82) is 0 Å². The Morgan fingerprint density at radius 3 is 2.96 bits per heavy atom. The lowest BCUT2D eigenvalue weighted by atomic mass is 10.1. The largest absolute Gasteiger partial charge is 0.383 e. The van der Waals surface area contributed by atoms with E-state index in [1.54, 1.807) is 30.1 Å². The first-order valence-electron chi connectivity index (χ1n) is 9.13. The average Bonchev–Trinajstić information content (AvgIpc) is 3.26. The van der Waals surface area contributed by atoms with Crippen LogP contribution in [-0.2, 0) is 17.7 Å². The van der Waals surface area contributed by atoms with E-state index in [0.29, 0.717) is 37.4 Å². The van der Waals surface area contributed by atoms with Gasteiger partial charge in [-0.15, -0.1) is 0 Å². The van der Waals surface area contributed by atoms with E-state index in [4.69, 9.17) is 4.74 Å². The third-order valence-electron chi connectivity index (χ3n) is 4.74. The van der Waals surface area contributed by atoms with Crippen LogP contribution in [0.3, 0.4) is 0 Å². The molecule has 1 aliphatic heterocycles. The summed E-state index contributed by atoms with van der Waals surface area (Å²) in [6.45, 7) is 1.44. The van der Waals surface area contributed by atoms with Crippen molar-refractivity contribution in [1.82, 2.24) is 25.4 Å². The normalized spacial score (nSPS) is 15.4. The van der Waals surface area contributed by atoms with Gasteiger partial charge in [0.2, 0.25) is 0 Å². The molecular formula is C20H21N5O3. The molecule has 1 aromatic carbocycles. The fourth-order valence-corrected chi connectivity index (χ4v) is 3.35. The molecule has 0 saturated carbocycles. The SMILES string of the molecule is COCCNC(=O)c1cc2n(n1)C[C@@H](NC(=O)c1ccc3ncccc3c1)C2. The number of hydrogen-bond acceptors (Lipinski definition) is 5. The second kappa shape index (κ2) is 7.77. The molecule has 0 unspecified atom stereocenters. The summed E-state index contributed by atoms with van der Waals surface area (Å²) in [5.74, 6) is -0.344. The van der Waals surface area contributed by atoms with E-state index in [0.717, 1.165) is 16.6 Å². The van der Waals surface area contributed by atoms with Crippen molar-refractivity contribution < 1.29 is 14.3 Å². The highest BCUT2D eigenvalue weighted by Crippen LogP contribution is 2.18. The van der Waals surface area contributed by atoms with E-state index in [-0.39, 0.29) is 17.9 Å². The molecule has 28 heavy (non-hydrogen) atoms. The average molecular weight is 379 g/mol. The van der Waals surface area contributed by atoms with Crippen molar-refractivity contribution in [3.8, 4) is 0 Å². The molecule has 0 saturated heterocycles. The van der Waals surface area contributed by atoms with Gasteiger partial charge in [-0.1, -0.05) is 6.07 Å². The predicted octanol–water partition coefficient (Wildman–Crippen LogP) is 1.16. The number of ether oxygens (including phenoxy) is 1. The van der Waals surface area contributed by atoms with Crippen molar-refractivity contribution in [2.45, 2.75) is 19.0 Å². The van der Waals surface area contributed by atoms with Gasteiger partial charge < -0.3 is 15.4 Å². The Kier molecular flexibility index (Phi) is 5.03. The third-order valence-corrected chi connectivity index (χ3v) is 4.74. The number of nitrogens with one attached hydrogen (secondary N) is 2. The van der Waals surface area contributed by atoms with Crippen molar-refractivity contribution in [3.05, 3.63) is 59.5 Å². The monoisotopic (exact) mass is 379 g/mol. The summed E-state index contributed by atoms with van der Waals surface area (Å²) in [5.41, 5.74) is 2.78. The van der Waals surface area contributed by atoms with Gasteiger partial charge in [-0.25, -0.2) is 0 Å². The zero-order valence-electron chi connectivity index (χ0n) is 15.5. The summed E-state index contributed by atoms with van der Waals surface area (Å²) in [4.78, 5) is 28.9. The lowest BCUT2D eigenvalue weighted by Gasteiger charge is -2.12. The fraction of sp³-hybridized carbons (Fsp3) is 0.300. The lowest BCUT2D eigenvalue weighted by Crippen LogP contribution is -2.36. The van der Waals surface area contributed by atoms with Crippen LogP contribution in [-0.4, -0.2) is 52.9 Å². The van der Waals surface area contributed by atoms with Gasteiger partial charge in [-0.3, -0.25) is 19.3 Å². The van der Waals surface area contributed by atoms with Gasteiger partial charge in [0.25, 0.3) is 11.8 Å². The van der Waals surface area contributed by atoms with Crippen LogP contribution in [0.15, 0.2) is 42.6 Å². The molecule has 8 heteroatoms. The number of carbonyl (C=O) groups excluding carboxylic acids is 2. The number of nitrogens with zero attached hydrogens (tertiary/aromatic N) is 3. The number of carbonyl (C=O) groups is 2. The molecule has 2 amide bonds. The van der Waals surface area contributed by atoms with E-state index >= 15 is 0 Å². The first kappa shape index (κ1) is 18.1. The molecule has 3 heterocycles. The first-order chi connectivity index (χ1) is 13.6. The minimum atomic E-state index is -0.218. The molecular weight excluding hydrogens is 358 g/mol. The fourth-order valence-electron chi connectivity index (χ4n) is 3.35. The number of hydrogen-bond donors (Lipinski definition) is 2. The number of benzene rings is 1. The summed E-state index contributed by atoms with van der Waals surface area (Å²) in [7, 11) is 1.58. The highest BCUT2D eigenvalue weighted by atomic mass is 16.5. The summed E-state index contributed by atoms with van der Waals surface area (Å²) in [5, 5.41) is 11.1. The maximum absolute atomic E-state index is 12.6. The molecule has 0 radical (unpaired) electrons. The number of methoxy groups -OCH3 is 1. The Balaban J connectivity index is 1.37. The number of aromatic nitrogens is 3. The number of amides is 2. The molecule has 2 aromatic heterocycles. The maximum atomic E-state index is 12.6. The van der Waals surface area contributed by atoms with E-state index in [1.807, 2.05) is 24.3 Å². The smallest absolute Gasteiger partial charge is 0.271 e. The molecule has 2 N–H and O–H groups in total. The predicted molar refractivity (Wildman–Crippen MR) is 103 cm³/mol. The topological polar surface area (TPSA) is 98.1 Å². The van der Waals surface area contributed by atoms with Crippen LogP contribution in [0.25, 0.3) is 10.9 Å². The molecule has 0 bridgehead atoms. The Bertz CT molecular complexity index is 1010. The van der Waals surface area contributed by atoms with Crippen molar-refractivity contribution in [2.75, 3.05) is 20.3 Å². The van der Waals surface area contributed by atoms with Gasteiger partial charge in [0, 0.05) is 42.9 Å². The van der Waals surface area contributed by atoms with Gasteiger partial charge in [0.05, 0.1) is 24.7 Å². The second-order valence-corrected chi connectivity index (χ2v) is 6.74. The van der Waals surface area contributed by atoms with Gasteiger partial charge in [0.15, 0.2) is 0 Å². The summed E-state index contributed by atoms with van der Waals surface area (Å²) < 4.78 is 6.69. The molecule has 144 valence electrons. The van der Waals surface area contributed by atoms with Crippen molar-refractivity contribution in [2.24, 2.45) is 0 Å². The zero-order chi connectivity index (χ0) is 19.5. The molecule has 0 fully saturated rings. The van der Waals surface area contributed by atoms with Crippen LogP contribution in [0.1, 0.15) is 26.5 Å². The van der Waals surface area contributed by atoms with Crippen LogP contribution >= 0.6 is 0 Å². The van der Waals surface area contributed by atoms with E-state index in [2.05, 4.69) is 20.7 Å². The highest BCUT2D eigenvalue weighted by molar-refractivity contribution is 5.98. The minimum Gasteiger partial charge on any atom is -0.383 e. The van der Waals surface area contributed by atoms with Gasteiger partial charge in [0.1, 0.15) is 5.69 Å². The Hall–Kier alpha value is -3.26. The maximum Gasteiger partial charge on any atom is 0.271 e. The van der Waals surface area contributed by atoms with Crippen LogP contribution in [0.2, 0.25) is 0 Å². The highest BCUT2D eigenvalue weighted by Gasteiger charge is 2.26. The van der Waals surface area contributed by atoms with Crippen molar-refractivity contribution in [3.63, 3.8) is 0 Å². The summed E-state index contributed by atoms with van der Waals surface area (Å²) in [6, 6.07) is 11.0. The van der Waals surface area contributed by atoms with Gasteiger partial charge in [-0.2, -0.15) is 5.10 Å². The van der Waals surface area contributed by atoms with Crippen LogP contribution in [0.5, 0.6) is 0 Å². The summed E-state index contributed by atoms with van der Waals surface area (Å²) >= 11 is 0. The molecule has 0 spiro atoms. The van der Waals surface area contributed by atoms with E-state index in [1.165, 1.54) is 0 Å². The van der Waals surface area contributed by atoms with Gasteiger partial charge >= 0.3 is 0 Å². The Labute approximate surface area is 161 Å². The number of fused-ring (bicyclic) bond motifs is 2. The Morgan fingerprint density at radius 1 is 1.25 bits per heavy atom. The number of rotatable bonds is 6. The quantitative estimate of drug-likeness (QED) is 0.627. The summed E-state index contributed by atoms with van der Waals surface area (Å²) in [6.07, 6.45) is 2.37. The van der Waals surface area contributed by atoms with Crippen molar-refractivity contribution >= 4 is 22.7 Å². The third kappa shape index (κ3) is 3.72. The molecule has 4 rings (SSSR count). The number of pyridine rings is 1. The molecule has 1 atom stereocenters. The molecule has 0 aliphatic carbocycles. The van der Waals surface area contributed by atoms with Gasteiger partial charge in [-0.05, 0) is 30.3 Å². The molecule has 8 nitrogen and oxygen atoms in total. The Morgan fingerprint density at radius 2 is 2.14 bits per heavy atom. The van der Waals surface area contributed by atoms with E-state index < -0.39 is 0 Å². The zero-order valence-corrected chi connectivity index (χ0v) is 15.5. The first-order valence-corrected chi connectivity index (χ1v) is 9.13. The van der Waals surface area contributed by atoms with E-state index in [9.17, 15) is 9.59 Å². The second-order valence-electron chi connectivity index (χ2n) is 6.74. The standard InChI is InChI=1S/C20H21N5O3/c1-28-8-7-22-20(27)18-11-16-10-15(12-25(16)24-18)23-19(26)14-4-5-17-13(9-14)3-2-6-21-17/h2-6,9,11,15H,7-8,10,12H2,1H3,(H,22,27)(H,23,26)/t15-/m0/s1. The van der Waals surface area contributed by atoms with Crippen LogP contribution in [0.4, 0.5) is 0 Å². The van der Waals surface area contributed by atoms with Crippen LogP contribution < -0.4 is 10.6 Å². The molecule has 1 aliphatic rings. The lowest BCUT2D eigenvalue weighted by molar-refractivity contribution is 0.0921. The minimum absolute atomic E-state index is 0.0507. The molecule has 3 aromatic rings. The van der Waals surface area contributed by atoms with Crippen LogP contribution in [0, 0.1) is 0 Å².